The molecule has 3 aromatic heterocycles. The molecule has 0 saturated heterocycles. The molecule has 0 bridgehead atoms. The summed E-state index contributed by atoms with van der Waals surface area (Å²) < 4.78 is 88.4. The number of pyridine rings is 1. The van der Waals surface area contributed by atoms with Crippen molar-refractivity contribution in [3.8, 4) is 5.75 Å². The number of aryl methyl sites for hydroxylation is 1. The minimum absolute atomic E-state index is 0.0173. The van der Waals surface area contributed by atoms with Crippen LogP contribution in [0.2, 0.25) is 0 Å². The van der Waals surface area contributed by atoms with Gasteiger partial charge in [0.05, 0.1) is 31.2 Å². The minimum Gasteiger partial charge on any atom is -0.459 e. The Hall–Kier alpha value is -5.03. The summed E-state index contributed by atoms with van der Waals surface area (Å²) in [5, 5.41) is 19.7. The van der Waals surface area contributed by atoms with Gasteiger partial charge in [-0.2, -0.15) is 17.6 Å². The molecule has 12 nitrogen and oxygen atoms in total. The van der Waals surface area contributed by atoms with Crippen LogP contribution in [-0.2, 0) is 32.4 Å². The van der Waals surface area contributed by atoms with Gasteiger partial charge in [-0.15, -0.1) is 10.2 Å². The molecule has 0 radical (unpaired) electrons. The number of alkyl halides is 5. The number of carbonyl (C=O) groups is 2. The zero-order valence-electron chi connectivity index (χ0n) is 23.9. The van der Waals surface area contributed by atoms with Crippen molar-refractivity contribution < 1.29 is 40.7 Å². The van der Waals surface area contributed by atoms with Gasteiger partial charge in [0, 0.05) is 38.9 Å². The lowest BCUT2D eigenvalue weighted by molar-refractivity contribution is -0.141. The van der Waals surface area contributed by atoms with Gasteiger partial charge in [0.15, 0.2) is 11.4 Å². The first-order chi connectivity index (χ1) is 21.2. The molecule has 4 rings (SSSR count). The summed E-state index contributed by atoms with van der Waals surface area (Å²) in [7, 11) is 0. The van der Waals surface area contributed by atoms with Crippen molar-refractivity contribution in [1.29, 1.82) is 0 Å². The highest BCUT2D eigenvalue weighted by Gasteiger charge is 2.32. The number of hydrogen-bond donors (Lipinski definition) is 2. The van der Waals surface area contributed by atoms with Gasteiger partial charge in [0.2, 0.25) is 5.85 Å². The largest absolute Gasteiger partial charge is 0.459 e. The van der Waals surface area contributed by atoms with Crippen LogP contribution in [0.3, 0.4) is 0 Å². The minimum atomic E-state index is -4.63. The summed E-state index contributed by atoms with van der Waals surface area (Å²) in [6.45, 7) is 1.60. The molecule has 0 aliphatic rings. The summed E-state index contributed by atoms with van der Waals surface area (Å²) in [6.07, 6.45) is -3.71. The molecule has 0 aliphatic carbocycles. The Morgan fingerprint density at radius 3 is 2.24 bits per heavy atom. The van der Waals surface area contributed by atoms with Gasteiger partial charge in [0.1, 0.15) is 23.4 Å². The molecule has 0 fully saturated rings. The van der Waals surface area contributed by atoms with E-state index in [1.807, 2.05) is 0 Å². The molecule has 45 heavy (non-hydrogen) atoms. The van der Waals surface area contributed by atoms with E-state index in [1.165, 1.54) is 55.2 Å². The zero-order valence-corrected chi connectivity index (χ0v) is 23.9. The van der Waals surface area contributed by atoms with Crippen molar-refractivity contribution in [2.75, 3.05) is 0 Å². The smallest absolute Gasteiger partial charge is 0.433 e. The number of amides is 2. The summed E-state index contributed by atoms with van der Waals surface area (Å²) in [6, 6.07) is 6.90. The van der Waals surface area contributed by atoms with E-state index in [0.29, 0.717) is 0 Å². The SMILES string of the molecule is CC(C)(F)Oc1ccc(F)c(CNC(=O)c2cn(CCC(F)Cn3cc(C(=O)NCc4cccc(C(F)(F)F)n4)nn3)nn2)c1. The van der Waals surface area contributed by atoms with Crippen LogP contribution < -0.4 is 15.4 Å². The van der Waals surface area contributed by atoms with Gasteiger partial charge < -0.3 is 15.4 Å². The van der Waals surface area contributed by atoms with E-state index in [0.717, 1.165) is 16.8 Å². The normalized spacial score (nSPS) is 12.5. The van der Waals surface area contributed by atoms with Crippen LogP contribution >= 0.6 is 0 Å². The van der Waals surface area contributed by atoms with Gasteiger partial charge in [-0.1, -0.05) is 16.5 Å². The number of rotatable bonds is 13. The van der Waals surface area contributed by atoms with Crippen molar-refractivity contribution in [1.82, 2.24) is 45.6 Å². The van der Waals surface area contributed by atoms with Gasteiger partial charge in [-0.25, -0.2) is 18.4 Å². The van der Waals surface area contributed by atoms with E-state index in [1.54, 1.807) is 0 Å². The number of benzene rings is 1. The number of halogens is 6. The van der Waals surface area contributed by atoms with Crippen LogP contribution in [-0.4, -0.2) is 58.8 Å². The van der Waals surface area contributed by atoms with E-state index < -0.39 is 41.5 Å². The topological polar surface area (TPSA) is 142 Å². The Morgan fingerprint density at radius 1 is 0.933 bits per heavy atom. The van der Waals surface area contributed by atoms with E-state index in [-0.39, 0.29) is 61.0 Å². The summed E-state index contributed by atoms with van der Waals surface area (Å²) in [5.74, 6) is -3.95. The average Bonchev–Trinajstić information content (AvgIpc) is 3.64. The number of aromatic nitrogens is 7. The molecule has 2 N–H and O–H groups in total. The first-order valence-corrected chi connectivity index (χ1v) is 13.4. The number of nitrogens with one attached hydrogen (secondary N) is 2. The second kappa shape index (κ2) is 13.7. The van der Waals surface area contributed by atoms with Crippen LogP contribution in [0.5, 0.6) is 5.75 Å². The standard InChI is InChI=1S/C27H27F6N9O3/c1-26(2,30)45-19-6-7-20(29)16(10-19)11-34-24(43)21-14-41(39-37-21)9-8-17(28)13-42-15-22(38-40-42)25(44)35-12-18-4-3-5-23(36-18)27(31,32)33/h3-7,10,14-15,17H,8-9,11-13H2,1-2H3,(H,34,43)(H,35,44). The van der Waals surface area contributed by atoms with E-state index >= 15 is 0 Å². The van der Waals surface area contributed by atoms with Crippen molar-refractivity contribution >= 4 is 11.8 Å². The Morgan fingerprint density at radius 2 is 1.58 bits per heavy atom. The van der Waals surface area contributed by atoms with Crippen molar-refractivity contribution in [2.45, 2.75) is 64.7 Å². The molecule has 0 spiro atoms. The molecule has 3 heterocycles. The monoisotopic (exact) mass is 639 g/mol. The van der Waals surface area contributed by atoms with E-state index in [2.05, 4.69) is 36.2 Å². The van der Waals surface area contributed by atoms with Gasteiger partial charge >= 0.3 is 6.18 Å². The number of nitrogens with zero attached hydrogens (tertiary/aromatic N) is 7. The molecule has 1 atom stereocenters. The number of ether oxygens (including phenoxy) is 1. The van der Waals surface area contributed by atoms with Crippen LogP contribution in [0.1, 0.15) is 58.2 Å². The fourth-order valence-electron chi connectivity index (χ4n) is 3.86. The summed E-state index contributed by atoms with van der Waals surface area (Å²) >= 11 is 0. The quantitative estimate of drug-likeness (QED) is 0.211. The highest BCUT2D eigenvalue weighted by Crippen LogP contribution is 2.27. The lowest BCUT2D eigenvalue weighted by atomic mass is 10.2. The maximum Gasteiger partial charge on any atom is 0.433 e. The zero-order chi connectivity index (χ0) is 32.8. The summed E-state index contributed by atoms with van der Waals surface area (Å²) in [4.78, 5) is 28.2. The van der Waals surface area contributed by atoms with Gasteiger partial charge in [-0.3, -0.25) is 14.3 Å². The van der Waals surface area contributed by atoms with E-state index in [4.69, 9.17) is 4.74 Å². The van der Waals surface area contributed by atoms with Crippen LogP contribution in [0.15, 0.2) is 48.8 Å². The molecule has 4 aromatic rings. The van der Waals surface area contributed by atoms with Crippen LogP contribution in [0, 0.1) is 5.82 Å². The van der Waals surface area contributed by atoms with Gasteiger partial charge in [0.25, 0.3) is 11.8 Å². The molecular weight excluding hydrogens is 612 g/mol. The number of hydrogen-bond acceptors (Lipinski definition) is 8. The maximum atomic E-state index is 14.6. The van der Waals surface area contributed by atoms with Crippen molar-refractivity contribution in [2.24, 2.45) is 0 Å². The molecule has 18 heteroatoms. The first kappa shape index (κ1) is 32.9. The lowest BCUT2D eigenvalue weighted by Gasteiger charge is -2.17. The Balaban J connectivity index is 1.22. The Kier molecular flexibility index (Phi) is 10.0. The second-order valence-corrected chi connectivity index (χ2v) is 10.2. The predicted molar refractivity (Wildman–Crippen MR) is 143 cm³/mol. The molecule has 2 amide bonds. The molecule has 0 aliphatic heterocycles. The fourth-order valence-corrected chi connectivity index (χ4v) is 3.86. The molecule has 0 saturated carbocycles. The fraction of sp³-hybridized carbons (Fsp3) is 0.370. The van der Waals surface area contributed by atoms with Crippen molar-refractivity contribution in [3.05, 3.63) is 82.9 Å². The summed E-state index contributed by atoms with van der Waals surface area (Å²) in [5.41, 5.74) is -1.33. The van der Waals surface area contributed by atoms with E-state index in [9.17, 15) is 35.9 Å². The highest BCUT2D eigenvalue weighted by atomic mass is 19.4. The van der Waals surface area contributed by atoms with Crippen LogP contribution in [0.4, 0.5) is 26.3 Å². The molecular formula is C27H27F6N9O3. The van der Waals surface area contributed by atoms with Gasteiger partial charge in [-0.05, 0) is 30.3 Å². The van der Waals surface area contributed by atoms with Crippen LogP contribution in [0.25, 0.3) is 0 Å². The molecule has 240 valence electrons. The third-order valence-corrected chi connectivity index (χ3v) is 5.94. The third kappa shape index (κ3) is 9.73. The Labute approximate surface area is 251 Å². The average molecular weight is 640 g/mol. The van der Waals surface area contributed by atoms with Crippen molar-refractivity contribution in [3.63, 3.8) is 0 Å². The maximum absolute atomic E-state index is 14.6. The first-order valence-electron chi connectivity index (χ1n) is 13.4. The predicted octanol–water partition coefficient (Wildman–Crippen LogP) is 3.80. The lowest BCUT2D eigenvalue weighted by Crippen LogP contribution is -2.24. The Bertz CT molecular complexity index is 1630. The molecule has 1 unspecified atom stereocenters. The third-order valence-electron chi connectivity index (χ3n) is 5.94. The number of carbonyl (C=O) groups excluding carboxylic acids is 2. The molecule has 1 aromatic carbocycles. The second-order valence-electron chi connectivity index (χ2n) is 10.2. The highest BCUT2D eigenvalue weighted by molar-refractivity contribution is 5.92.